The van der Waals surface area contributed by atoms with Crippen LogP contribution in [0.4, 0.5) is 5.82 Å². The molecular formula is C26H26N6S. The van der Waals surface area contributed by atoms with E-state index in [9.17, 15) is 0 Å². The van der Waals surface area contributed by atoms with Gasteiger partial charge in [0.2, 0.25) is 0 Å². The molecule has 0 aliphatic rings. The number of H-pyrrole nitrogens is 1. The van der Waals surface area contributed by atoms with Gasteiger partial charge in [-0.15, -0.1) is 0 Å². The molecule has 0 amide bonds. The Morgan fingerprint density at radius 1 is 0.970 bits per heavy atom. The number of nitrogens with zero attached hydrogens (tertiary/aromatic N) is 4. The second kappa shape index (κ2) is 9.83. The Hall–Kier alpha value is -3.71. The molecule has 1 atom stereocenters. The number of aromatic nitrogens is 5. The minimum atomic E-state index is 0. The molecule has 0 saturated heterocycles. The van der Waals surface area contributed by atoms with E-state index in [1.165, 1.54) is 5.56 Å². The minimum absolute atomic E-state index is 0. The second-order valence-corrected chi connectivity index (χ2v) is 7.94. The second-order valence-electron chi connectivity index (χ2n) is 7.94. The van der Waals surface area contributed by atoms with E-state index in [1.807, 2.05) is 49.8 Å². The third-order valence-electron chi connectivity index (χ3n) is 5.68. The van der Waals surface area contributed by atoms with Crippen molar-refractivity contribution in [2.45, 2.75) is 19.8 Å². The van der Waals surface area contributed by atoms with Crippen molar-refractivity contribution in [1.29, 1.82) is 0 Å². The Balaban J connectivity index is 0.00000259. The molecule has 6 nitrogen and oxygen atoms in total. The van der Waals surface area contributed by atoms with E-state index in [4.69, 9.17) is 4.98 Å². The highest BCUT2D eigenvalue weighted by molar-refractivity contribution is 7.59. The standard InChI is InChI=1S/C26H24N6.H2S/c1-17(14-30-25-13-24(31-16-32-25)19-9-8-18(2)29-15-19)20-5-3-6-22-21(10-12-28-26(20)22)23-7-4-11-27-23;/h3-13,15-17,27H,14H2,1-2H3,(H,30,31,32);1H2/t17-;/m1./s1. The first-order chi connectivity index (χ1) is 15.7. The number of hydrogen-bond donors (Lipinski definition) is 2. The van der Waals surface area contributed by atoms with Gasteiger partial charge in [0.1, 0.15) is 12.1 Å². The lowest BCUT2D eigenvalue weighted by atomic mass is 9.95. The lowest BCUT2D eigenvalue weighted by molar-refractivity contribution is 0.806. The third-order valence-corrected chi connectivity index (χ3v) is 5.68. The Kier molecular flexibility index (Phi) is 6.70. The maximum absolute atomic E-state index is 4.71. The Labute approximate surface area is 200 Å². The van der Waals surface area contributed by atoms with Crippen molar-refractivity contribution in [3.63, 3.8) is 0 Å². The summed E-state index contributed by atoms with van der Waals surface area (Å²) in [5.74, 6) is 1.03. The van der Waals surface area contributed by atoms with Gasteiger partial charge in [0.25, 0.3) is 0 Å². The number of aryl methyl sites for hydroxylation is 1. The van der Waals surface area contributed by atoms with Crippen LogP contribution in [0, 0.1) is 6.92 Å². The minimum Gasteiger partial charge on any atom is -0.369 e. The van der Waals surface area contributed by atoms with E-state index in [1.54, 1.807) is 6.33 Å². The summed E-state index contributed by atoms with van der Waals surface area (Å²) >= 11 is 0. The predicted molar refractivity (Wildman–Crippen MR) is 139 cm³/mol. The molecule has 0 radical (unpaired) electrons. The maximum Gasteiger partial charge on any atom is 0.129 e. The van der Waals surface area contributed by atoms with Crippen LogP contribution in [0.15, 0.2) is 79.5 Å². The molecule has 33 heavy (non-hydrogen) atoms. The predicted octanol–water partition coefficient (Wildman–Crippen LogP) is 5.72. The molecule has 4 heterocycles. The fourth-order valence-corrected chi connectivity index (χ4v) is 3.93. The van der Waals surface area contributed by atoms with Gasteiger partial charge in [-0.3, -0.25) is 9.97 Å². The summed E-state index contributed by atoms with van der Waals surface area (Å²) in [5.41, 5.74) is 7.31. The molecule has 2 N–H and O–H groups in total. The number of fused-ring (bicyclic) bond motifs is 1. The SMILES string of the molecule is Cc1ccc(-c2cc(NC[C@@H](C)c3cccc4c(-c5ccc[nH]5)ccnc34)ncn2)cn1.S. The normalized spacial score (nSPS) is 11.7. The van der Waals surface area contributed by atoms with Crippen molar-refractivity contribution in [3.8, 4) is 22.5 Å². The first-order valence-electron chi connectivity index (χ1n) is 10.7. The molecule has 1 aromatic carbocycles. The van der Waals surface area contributed by atoms with E-state index < -0.39 is 0 Å². The molecule has 0 unspecified atom stereocenters. The van der Waals surface area contributed by atoms with Crippen molar-refractivity contribution < 1.29 is 0 Å². The smallest absolute Gasteiger partial charge is 0.129 e. The summed E-state index contributed by atoms with van der Waals surface area (Å²) in [6.07, 6.45) is 7.26. The summed E-state index contributed by atoms with van der Waals surface area (Å²) in [6.45, 7) is 4.91. The molecule has 4 aromatic heterocycles. The van der Waals surface area contributed by atoms with Crippen molar-refractivity contribution in [1.82, 2.24) is 24.9 Å². The van der Waals surface area contributed by atoms with Gasteiger partial charge in [0.15, 0.2) is 0 Å². The van der Waals surface area contributed by atoms with Crippen LogP contribution in [0.25, 0.3) is 33.4 Å². The number of para-hydroxylation sites is 1. The number of nitrogens with one attached hydrogen (secondary N) is 2. The quantitative estimate of drug-likeness (QED) is 0.343. The highest BCUT2D eigenvalue weighted by Crippen LogP contribution is 2.31. The number of aromatic amines is 1. The van der Waals surface area contributed by atoms with E-state index in [-0.39, 0.29) is 19.4 Å². The first kappa shape index (κ1) is 22.5. The molecular weight excluding hydrogens is 428 g/mol. The van der Waals surface area contributed by atoms with Crippen molar-refractivity contribution in [2.24, 2.45) is 0 Å². The van der Waals surface area contributed by atoms with Crippen molar-refractivity contribution >= 4 is 30.2 Å². The number of pyridine rings is 2. The van der Waals surface area contributed by atoms with Crippen LogP contribution >= 0.6 is 13.5 Å². The number of anilines is 1. The molecule has 0 spiro atoms. The number of hydrogen-bond acceptors (Lipinski definition) is 5. The van der Waals surface area contributed by atoms with Gasteiger partial charge < -0.3 is 10.3 Å². The molecule has 7 heteroatoms. The summed E-state index contributed by atoms with van der Waals surface area (Å²) in [5, 5.41) is 4.61. The summed E-state index contributed by atoms with van der Waals surface area (Å²) < 4.78 is 0. The average molecular weight is 455 g/mol. The summed E-state index contributed by atoms with van der Waals surface area (Å²) in [6, 6.07) is 18.5. The van der Waals surface area contributed by atoms with Gasteiger partial charge >= 0.3 is 0 Å². The average Bonchev–Trinajstić information content (AvgIpc) is 3.37. The highest BCUT2D eigenvalue weighted by Gasteiger charge is 2.14. The maximum atomic E-state index is 4.71. The molecule has 5 aromatic rings. The lowest BCUT2D eigenvalue weighted by Gasteiger charge is -2.16. The molecule has 0 saturated carbocycles. The molecule has 166 valence electrons. The largest absolute Gasteiger partial charge is 0.369 e. The molecule has 0 aliphatic heterocycles. The summed E-state index contributed by atoms with van der Waals surface area (Å²) in [7, 11) is 0. The van der Waals surface area contributed by atoms with Crippen LogP contribution in [0.5, 0.6) is 0 Å². The third kappa shape index (κ3) is 4.73. The van der Waals surface area contributed by atoms with Crippen LogP contribution in [0.3, 0.4) is 0 Å². The molecule has 5 rings (SSSR count). The topological polar surface area (TPSA) is 79.4 Å². The summed E-state index contributed by atoms with van der Waals surface area (Å²) in [4.78, 5) is 21.2. The van der Waals surface area contributed by atoms with Gasteiger partial charge in [-0.1, -0.05) is 25.1 Å². The van der Waals surface area contributed by atoms with Crippen LogP contribution in [-0.4, -0.2) is 31.5 Å². The van der Waals surface area contributed by atoms with Crippen LogP contribution in [0.2, 0.25) is 0 Å². The van der Waals surface area contributed by atoms with E-state index in [2.05, 4.69) is 62.5 Å². The van der Waals surface area contributed by atoms with Gasteiger partial charge in [0, 0.05) is 65.0 Å². The monoisotopic (exact) mass is 454 g/mol. The zero-order valence-corrected chi connectivity index (χ0v) is 19.6. The molecule has 0 aliphatic carbocycles. The van der Waals surface area contributed by atoms with E-state index in [0.717, 1.165) is 51.5 Å². The van der Waals surface area contributed by atoms with Gasteiger partial charge in [0.05, 0.1) is 11.2 Å². The Bertz CT molecular complexity index is 1350. The zero-order chi connectivity index (χ0) is 21.9. The van der Waals surface area contributed by atoms with Crippen LogP contribution in [0.1, 0.15) is 24.1 Å². The highest BCUT2D eigenvalue weighted by atomic mass is 32.1. The fraction of sp³-hybridized carbons (Fsp3) is 0.154. The van der Waals surface area contributed by atoms with Gasteiger partial charge in [-0.25, -0.2) is 9.97 Å². The molecule has 0 fully saturated rings. The Morgan fingerprint density at radius 2 is 1.88 bits per heavy atom. The Morgan fingerprint density at radius 3 is 2.67 bits per heavy atom. The number of benzene rings is 1. The van der Waals surface area contributed by atoms with Gasteiger partial charge in [-0.2, -0.15) is 13.5 Å². The molecule has 0 bridgehead atoms. The van der Waals surface area contributed by atoms with Crippen LogP contribution in [-0.2, 0) is 0 Å². The van der Waals surface area contributed by atoms with Crippen molar-refractivity contribution in [2.75, 3.05) is 11.9 Å². The van der Waals surface area contributed by atoms with E-state index >= 15 is 0 Å². The lowest BCUT2D eigenvalue weighted by Crippen LogP contribution is -2.12. The van der Waals surface area contributed by atoms with E-state index in [0.29, 0.717) is 0 Å². The van der Waals surface area contributed by atoms with Crippen LogP contribution < -0.4 is 5.32 Å². The van der Waals surface area contributed by atoms with Gasteiger partial charge in [-0.05, 0) is 42.8 Å². The zero-order valence-electron chi connectivity index (χ0n) is 18.6. The van der Waals surface area contributed by atoms with Crippen molar-refractivity contribution in [3.05, 3.63) is 90.8 Å². The fourth-order valence-electron chi connectivity index (χ4n) is 3.93. The number of rotatable bonds is 6. The first-order valence-corrected chi connectivity index (χ1v) is 10.7.